The molecule has 7 heteroatoms. The molecular weight excluding hydrogens is 346 g/mol. The first-order valence-electron chi connectivity index (χ1n) is 8.45. The second-order valence-corrected chi connectivity index (χ2v) is 7.41. The van der Waals surface area contributed by atoms with Crippen LogP contribution in [0.15, 0.2) is 18.2 Å². The zero-order valence-corrected chi connectivity index (χ0v) is 15.5. The Balaban J connectivity index is 1.79. The number of para-hydroxylation sites is 1. The first-order chi connectivity index (χ1) is 11.7. The number of benzene rings is 1. The number of ether oxygens (including phenoxy) is 1. The molecule has 1 aromatic heterocycles. The highest BCUT2D eigenvalue weighted by atomic mass is 35.5. The molecule has 0 spiro atoms. The number of hydrogen-bond donors (Lipinski definition) is 1. The van der Waals surface area contributed by atoms with Gasteiger partial charge in [0, 0.05) is 6.42 Å². The Morgan fingerprint density at radius 2 is 2.21 bits per heavy atom. The van der Waals surface area contributed by atoms with Crippen molar-refractivity contribution in [3.05, 3.63) is 23.2 Å². The highest BCUT2D eigenvalue weighted by Crippen LogP contribution is 2.32. The smallest absolute Gasteiger partial charge is 0.228 e. The van der Waals surface area contributed by atoms with Crippen LogP contribution in [-0.2, 0) is 9.53 Å². The van der Waals surface area contributed by atoms with Gasteiger partial charge in [0.05, 0.1) is 36.0 Å². The Labute approximate surface area is 151 Å². The van der Waals surface area contributed by atoms with E-state index < -0.39 is 0 Å². The van der Waals surface area contributed by atoms with E-state index in [1.807, 2.05) is 30.0 Å². The van der Waals surface area contributed by atoms with Crippen LogP contribution in [0.3, 0.4) is 0 Å². The van der Waals surface area contributed by atoms with E-state index in [-0.39, 0.29) is 5.91 Å². The van der Waals surface area contributed by atoms with Gasteiger partial charge in [-0.3, -0.25) is 9.69 Å². The van der Waals surface area contributed by atoms with Crippen molar-refractivity contribution in [2.75, 3.05) is 44.3 Å². The maximum atomic E-state index is 12.6. The predicted octanol–water partition coefficient (Wildman–Crippen LogP) is 2.00. The van der Waals surface area contributed by atoms with Crippen LogP contribution in [-0.4, -0.2) is 50.3 Å². The molecule has 0 saturated carbocycles. The molecule has 0 unspecified atom stereocenters. The van der Waals surface area contributed by atoms with Crippen molar-refractivity contribution < 1.29 is 14.4 Å². The van der Waals surface area contributed by atoms with E-state index in [4.69, 9.17) is 16.3 Å². The van der Waals surface area contributed by atoms with Gasteiger partial charge < -0.3 is 9.64 Å². The summed E-state index contributed by atoms with van der Waals surface area (Å²) in [6.45, 7) is 7.24. The van der Waals surface area contributed by atoms with Crippen molar-refractivity contribution in [2.24, 2.45) is 0 Å². The van der Waals surface area contributed by atoms with E-state index in [0.717, 1.165) is 54.6 Å². The topological polar surface area (TPSA) is 46.9 Å². The molecule has 0 atom stereocenters. The number of rotatable bonds is 6. The zero-order valence-electron chi connectivity index (χ0n) is 13.9. The summed E-state index contributed by atoms with van der Waals surface area (Å²) >= 11 is 7.77. The quantitative estimate of drug-likeness (QED) is 0.848. The van der Waals surface area contributed by atoms with E-state index in [9.17, 15) is 4.79 Å². The monoisotopic (exact) mass is 368 g/mol. The summed E-state index contributed by atoms with van der Waals surface area (Å²) in [5.41, 5.74) is 0.784. The fourth-order valence-electron chi connectivity index (χ4n) is 2.87. The van der Waals surface area contributed by atoms with Crippen molar-refractivity contribution in [1.29, 1.82) is 0 Å². The fourth-order valence-corrected chi connectivity index (χ4v) is 4.18. The lowest BCUT2D eigenvalue weighted by Crippen LogP contribution is -3.14. The summed E-state index contributed by atoms with van der Waals surface area (Å²) in [6.07, 6.45) is 1.38. The molecule has 1 aliphatic rings. The summed E-state index contributed by atoms with van der Waals surface area (Å²) in [5, 5.41) is 1.39. The SMILES string of the molecule is CCCC(=O)N(CC[NH+]1CCOCC1)c1nc2c(Cl)cccc2s1. The molecule has 1 fully saturated rings. The van der Waals surface area contributed by atoms with E-state index in [2.05, 4.69) is 4.98 Å². The molecule has 1 N–H and O–H groups in total. The molecule has 5 nitrogen and oxygen atoms in total. The Bertz CT molecular complexity index is 700. The van der Waals surface area contributed by atoms with Gasteiger partial charge in [0.2, 0.25) is 5.91 Å². The summed E-state index contributed by atoms with van der Waals surface area (Å²) in [4.78, 5) is 20.6. The largest absolute Gasteiger partial charge is 0.370 e. The van der Waals surface area contributed by atoms with Crippen molar-refractivity contribution in [2.45, 2.75) is 19.8 Å². The van der Waals surface area contributed by atoms with Crippen molar-refractivity contribution in [3.63, 3.8) is 0 Å². The van der Waals surface area contributed by atoms with Crippen LogP contribution in [0, 0.1) is 0 Å². The van der Waals surface area contributed by atoms with Gasteiger partial charge in [-0.25, -0.2) is 4.98 Å². The normalized spacial score (nSPS) is 15.8. The fraction of sp³-hybridized carbons (Fsp3) is 0.529. The molecule has 0 aliphatic carbocycles. The highest BCUT2D eigenvalue weighted by Gasteiger charge is 2.22. The standard InChI is InChI=1S/C17H22ClN3O2S/c1-2-4-15(22)21(8-7-20-9-11-23-12-10-20)17-19-16-13(18)5-3-6-14(16)24-17/h3,5-6H,2,4,7-12H2,1H3/p+1. The van der Waals surface area contributed by atoms with Crippen LogP contribution >= 0.6 is 22.9 Å². The third-order valence-corrected chi connectivity index (χ3v) is 5.59. The number of thiazole rings is 1. The first kappa shape index (κ1) is 17.6. The lowest BCUT2D eigenvalue weighted by atomic mass is 10.3. The van der Waals surface area contributed by atoms with E-state index >= 15 is 0 Å². The van der Waals surface area contributed by atoms with Crippen LogP contribution in [0.1, 0.15) is 19.8 Å². The van der Waals surface area contributed by atoms with Gasteiger partial charge in [-0.2, -0.15) is 0 Å². The van der Waals surface area contributed by atoms with Crippen molar-refractivity contribution in [3.8, 4) is 0 Å². The number of carbonyl (C=O) groups excluding carboxylic acids is 1. The molecule has 1 aromatic carbocycles. The molecule has 3 rings (SSSR count). The molecule has 2 aromatic rings. The minimum atomic E-state index is 0.139. The number of halogens is 1. The molecule has 130 valence electrons. The van der Waals surface area contributed by atoms with Gasteiger partial charge in [0.25, 0.3) is 0 Å². The lowest BCUT2D eigenvalue weighted by molar-refractivity contribution is -0.906. The number of anilines is 1. The minimum absolute atomic E-state index is 0.139. The maximum Gasteiger partial charge on any atom is 0.228 e. The Morgan fingerprint density at radius 3 is 2.92 bits per heavy atom. The van der Waals surface area contributed by atoms with E-state index in [1.54, 1.807) is 0 Å². The number of nitrogens with zero attached hydrogens (tertiary/aromatic N) is 2. The summed E-state index contributed by atoms with van der Waals surface area (Å²) < 4.78 is 6.42. The zero-order chi connectivity index (χ0) is 16.9. The number of fused-ring (bicyclic) bond motifs is 1. The predicted molar refractivity (Wildman–Crippen MR) is 98.3 cm³/mol. The van der Waals surface area contributed by atoms with Gasteiger partial charge in [-0.1, -0.05) is 35.9 Å². The van der Waals surface area contributed by atoms with Gasteiger partial charge in [-0.15, -0.1) is 0 Å². The number of quaternary nitrogens is 1. The Kier molecular flexibility index (Phi) is 6.05. The second-order valence-electron chi connectivity index (χ2n) is 5.99. The minimum Gasteiger partial charge on any atom is -0.370 e. The number of morpholine rings is 1. The summed E-state index contributed by atoms with van der Waals surface area (Å²) in [6, 6.07) is 5.75. The number of aromatic nitrogens is 1. The molecule has 1 aliphatic heterocycles. The third-order valence-electron chi connectivity index (χ3n) is 4.24. The Hall–Kier alpha value is -1.21. The second kappa shape index (κ2) is 8.25. The van der Waals surface area contributed by atoms with Crippen LogP contribution in [0.5, 0.6) is 0 Å². The molecule has 24 heavy (non-hydrogen) atoms. The van der Waals surface area contributed by atoms with E-state index in [0.29, 0.717) is 18.0 Å². The molecule has 0 radical (unpaired) electrons. The number of nitrogens with one attached hydrogen (secondary N) is 1. The molecule has 2 heterocycles. The van der Waals surface area contributed by atoms with Crippen LogP contribution in [0.25, 0.3) is 10.2 Å². The lowest BCUT2D eigenvalue weighted by Gasteiger charge is -2.26. The average molecular weight is 369 g/mol. The molecule has 1 saturated heterocycles. The number of hydrogen-bond acceptors (Lipinski definition) is 4. The molecule has 1 amide bonds. The number of carbonyl (C=O) groups is 1. The van der Waals surface area contributed by atoms with Crippen LogP contribution in [0.4, 0.5) is 5.13 Å². The van der Waals surface area contributed by atoms with Crippen LogP contribution < -0.4 is 9.80 Å². The Morgan fingerprint density at radius 1 is 1.42 bits per heavy atom. The average Bonchev–Trinajstić information content (AvgIpc) is 3.01. The van der Waals surface area contributed by atoms with Crippen molar-refractivity contribution in [1.82, 2.24) is 4.98 Å². The summed E-state index contributed by atoms with van der Waals surface area (Å²) in [5.74, 6) is 0.139. The summed E-state index contributed by atoms with van der Waals surface area (Å²) in [7, 11) is 0. The molecular formula is C17H23ClN3O2S+. The maximum absolute atomic E-state index is 12.6. The van der Waals surface area contributed by atoms with Gasteiger partial charge in [0.1, 0.15) is 18.6 Å². The van der Waals surface area contributed by atoms with Gasteiger partial charge >= 0.3 is 0 Å². The highest BCUT2D eigenvalue weighted by molar-refractivity contribution is 7.22. The molecule has 0 bridgehead atoms. The van der Waals surface area contributed by atoms with Crippen LogP contribution in [0.2, 0.25) is 5.02 Å². The van der Waals surface area contributed by atoms with Crippen molar-refractivity contribution >= 4 is 44.2 Å². The van der Waals surface area contributed by atoms with Gasteiger partial charge in [0.15, 0.2) is 5.13 Å². The third kappa shape index (κ3) is 4.06. The van der Waals surface area contributed by atoms with E-state index in [1.165, 1.54) is 16.2 Å². The number of amides is 1. The first-order valence-corrected chi connectivity index (χ1v) is 9.65. The van der Waals surface area contributed by atoms with Gasteiger partial charge in [-0.05, 0) is 18.6 Å².